The van der Waals surface area contributed by atoms with Crippen LogP contribution in [0.3, 0.4) is 0 Å². The summed E-state index contributed by atoms with van der Waals surface area (Å²) in [7, 11) is 0.208. The summed E-state index contributed by atoms with van der Waals surface area (Å²) in [6.45, 7) is 3.90. The summed E-state index contributed by atoms with van der Waals surface area (Å²) >= 11 is 0. The Bertz CT molecular complexity index is 1030. The fourth-order valence-electron chi connectivity index (χ4n) is 2.34. The van der Waals surface area contributed by atoms with Gasteiger partial charge < -0.3 is 15.9 Å². The molecule has 3 rings (SSSR count). The van der Waals surface area contributed by atoms with Gasteiger partial charge in [-0.25, -0.2) is 4.98 Å². The third kappa shape index (κ3) is 5.08. The van der Waals surface area contributed by atoms with E-state index in [4.69, 9.17) is 9.47 Å². The number of nitrogens with zero attached hydrogens (tertiary/aromatic N) is 3. The van der Waals surface area contributed by atoms with Crippen molar-refractivity contribution in [1.82, 2.24) is 19.9 Å². The minimum atomic E-state index is -1.39. The van der Waals surface area contributed by atoms with Crippen LogP contribution in [0.25, 0.3) is 11.2 Å². The second kappa shape index (κ2) is 9.85. The first-order valence-corrected chi connectivity index (χ1v) is 9.20. The van der Waals surface area contributed by atoms with Crippen LogP contribution in [-0.2, 0) is 16.6 Å². The number of fused-ring (bicyclic) bond motifs is 1. The minimum Gasteiger partial charge on any atom is -1.00 e. The molecular formula is C18H19N4NaO3S. The zero-order valence-electron chi connectivity index (χ0n) is 16.7. The van der Waals surface area contributed by atoms with Crippen LogP contribution < -0.4 is 39.0 Å². The average Bonchev–Trinajstić information content (AvgIpc) is 3.07. The number of rotatable bonds is 6. The maximum Gasteiger partial charge on any atom is 1.00 e. The van der Waals surface area contributed by atoms with E-state index >= 15 is 0 Å². The largest absolute Gasteiger partial charge is 1.00 e. The number of aromatic amines is 1. The molecule has 27 heavy (non-hydrogen) atoms. The van der Waals surface area contributed by atoms with Gasteiger partial charge in [0.05, 0.1) is 34.9 Å². The molecule has 0 saturated heterocycles. The first-order chi connectivity index (χ1) is 12.6. The molecule has 1 atom stereocenters. The Morgan fingerprint density at radius 3 is 2.85 bits per heavy atom. The summed E-state index contributed by atoms with van der Waals surface area (Å²) in [5, 5.41) is 0.349. The number of H-pyrrole nitrogens is 1. The van der Waals surface area contributed by atoms with Crippen molar-refractivity contribution in [2.75, 3.05) is 13.7 Å². The van der Waals surface area contributed by atoms with Crippen LogP contribution in [0.4, 0.5) is 0 Å². The smallest absolute Gasteiger partial charge is 1.00 e. The molecule has 136 valence electrons. The van der Waals surface area contributed by atoms with Gasteiger partial charge in [0.15, 0.2) is 17.4 Å². The van der Waals surface area contributed by atoms with Gasteiger partial charge in [0.25, 0.3) is 0 Å². The van der Waals surface area contributed by atoms with Crippen molar-refractivity contribution in [3.63, 3.8) is 0 Å². The van der Waals surface area contributed by atoms with Crippen molar-refractivity contribution in [1.29, 1.82) is 0 Å². The number of imidazole rings is 1. The molecule has 0 saturated carbocycles. The second-order valence-electron chi connectivity index (χ2n) is 5.35. The Kier molecular flexibility index (Phi) is 7.80. The molecule has 0 bridgehead atoms. The molecule has 0 spiro atoms. The summed E-state index contributed by atoms with van der Waals surface area (Å²) in [5.74, 6) is 6.93. The number of nitrogens with one attached hydrogen (secondary N) is 1. The zero-order chi connectivity index (χ0) is 18.5. The van der Waals surface area contributed by atoms with Crippen molar-refractivity contribution >= 4 is 22.0 Å². The molecule has 0 aromatic carbocycles. The summed E-state index contributed by atoms with van der Waals surface area (Å²) in [6.07, 6.45) is 1.64. The van der Waals surface area contributed by atoms with Gasteiger partial charge in [-0.15, -0.1) is 5.92 Å². The van der Waals surface area contributed by atoms with Gasteiger partial charge in [0.2, 0.25) is 5.88 Å². The van der Waals surface area contributed by atoms with Gasteiger partial charge in [-0.05, 0) is 26.0 Å². The van der Waals surface area contributed by atoms with Gasteiger partial charge in [0, 0.05) is 17.8 Å². The van der Waals surface area contributed by atoms with E-state index in [1.807, 2.05) is 6.92 Å². The van der Waals surface area contributed by atoms with Crippen molar-refractivity contribution in [2.24, 2.45) is 0 Å². The molecule has 3 heterocycles. The van der Waals surface area contributed by atoms with Gasteiger partial charge in [-0.3, -0.25) is 9.19 Å². The number of pyridine rings is 2. The van der Waals surface area contributed by atoms with Crippen molar-refractivity contribution in [2.45, 2.75) is 24.8 Å². The van der Waals surface area contributed by atoms with Crippen molar-refractivity contribution in [3.05, 3.63) is 35.7 Å². The number of aromatic nitrogens is 4. The van der Waals surface area contributed by atoms with Crippen LogP contribution in [0.5, 0.6) is 11.6 Å². The molecule has 3 aromatic rings. The van der Waals surface area contributed by atoms with Gasteiger partial charge >= 0.3 is 29.6 Å². The van der Waals surface area contributed by atoms with Crippen LogP contribution in [0.1, 0.15) is 19.6 Å². The molecule has 7 nitrogen and oxygen atoms in total. The van der Waals surface area contributed by atoms with Crippen LogP contribution in [0.2, 0.25) is 0 Å². The second-order valence-corrected chi connectivity index (χ2v) is 6.72. The first-order valence-electron chi connectivity index (χ1n) is 7.88. The van der Waals surface area contributed by atoms with E-state index in [0.717, 1.165) is 11.3 Å². The number of hydrogen-bond acceptors (Lipinski definition) is 6. The van der Waals surface area contributed by atoms with E-state index in [1.165, 1.54) is 0 Å². The Labute approximate surface area is 183 Å². The van der Waals surface area contributed by atoms with E-state index in [1.54, 1.807) is 38.4 Å². The molecule has 0 aliphatic heterocycles. The first kappa shape index (κ1) is 21.4. The normalized spacial score (nSPS) is 11.2. The van der Waals surface area contributed by atoms with Crippen molar-refractivity contribution < 1.29 is 44.7 Å². The number of hydrogen-bond donors (Lipinski definition) is 1. The van der Waals surface area contributed by atoms with E-state index in [2.05, 4.69) is 31.8 Å². The SMILES string of the molecule is CC#CCOc1ccc2[nH]c(S(=O)Cc3nccc(OC)c3C)nc2n1.[H-].[Na+]. The van der Waals surface area contributed by atoms with Crippen LogP contribution in [0, 0.1) is 18.8 Å². The van der Waals surface area contributed by atoms with Crippen molar-refractivity contribution in [3.8, 4) is 23.5 Å². The summed E-state index contributed by atoms with van der Waals surface area (Å²) in [6, 6.07) is 5.29. The molecule has 0 radical (unpaired) electrons. The molecule has 9 heteroatoms. The molecule has 3 aromatic heterocycles. The predicted molar refractivity (Wildman–Crippen MR) is 99.6 cm³/mol. The maximum absolute atomic E-state index is 12.7. The van der Waals surface area contributed by atoms with Crippen LogP contribution >= 0.6 is 0 Å². The molecule has 1 unspecified atom stereocenters. The Morgan fingerprint density at radius 1 is 1.30 bits per heavy atom. The van der Waals surface area contributed by atoms with Gasteiger partial charge in [0.1, 0.15) is 5.75 Å². The fourth-order valence-corrected chi connectivity index (χ4v) is 3.43. The van der Waals surface area contributed by atoms with Gasteiger partial charge in [-0.2, -0.15) is 4.98 Å². The van der Waals surface area contributed by atoms with E-state index < -0.39 is 10.8 Å². The Hall–Kier alpha value is -1.92. The molecule has 0 fully saturated rings. The molecule has 0 aliphatic rings. The van der Waals surface area contributed by atoms with Crippen LogP contribution in [0.15, 0.2) is 29.6 Å². The Balaban J connectivity index is 0.00000196. The van der Waals surface area contributed by atoms with Gasteiger partial charge in [-0.1, -0.05) is 5.92 Å². The predicted octanol–water partition coefficient (Wildman–Crippen LogP) is -0.504. The summed E-state index contributed by atoms with van der Waals surface area (Å²) < 4.78 is 23.4. The maximum atomic E-state index is 12.7. The quantitative estimate of drug-likeness (QED) is 0.448. The third-order valence-electron chi connectivity index (χ3n) is 3.73. The minimum absolute atomic E-state index is 0. The van der Waals surface area contributed by atoms with E-state index in [9.17, 15) is 4.21 Å². The third-order valence-corrected chi connectivity index (χ3v) is 4.89. The molecular weight excluding hydrogens is 375 g/mol. The molecule has 0 amide bonds. The summed E-state index contributed by atoms with van der Waals surface area (Å²) in [5.41, 5.74) is 2.71. The monoisotopic (exact) mass is 394 g/mol. The fraction of sp³-hybridized carbons (Fsp3) is 0.278. The van der Waals surface area contributed by atoms with Crippen LogP contribution in [-0.4, -0.2) is 37.9 Å². The summed E-state index contributed by atoms with van der Waals surface area (Å²) in [4.78, 5) is 16.0. The number of ether oxygens (including phenoxy) is 2. The standard InChI is InChI=1S/C18H18N4O3S.Na.H/c1-4-5-10-25-16-7-6-13-17(21-16)22-18(20-13)26(23)11-14-12(2)15(24-3)8-9-19-14;;/h6-9H,10-11H2,1-3H3,(H,20,21,22);;/q;+1;-1. The van der Waals surface area contributed by atoms with E-state index in [0.29, 0.717) is 27.9 Å². The molecule has 1 N–H and O–H groups in total. The Morgan fingerprint density at radius 2 is 2.11 bits per heavy atom. The molecule has 0 aliphatic carbocycles. The topological polar surface area (TPSA) is 90.0 Å². The number of methoxy groups -OCH3 is 1. The zero-order valence-corrected chi connectivity index (χ0v) is 18.5. The average molecular weight is 394 g/mol. The van der Waals surface area contributed by atoms with E-state index in [-0.39, 0.29) is 43.3 Å².